The lowest BCUT2D eigenvalue weighted by atomic mass is 10.2. The van der Waals surface area contributed by atoms with Crippen LogP contribution < -0.4 is 10.1 Å². The molecule has 1 aliphatic rings. The minimum Gasteiger partial charge on any atom is -0.497 e. The van der Waals surface area contributed by atoms with Gasteiger partial charge < -0.3 is 19.2 Å². The van der Waals surface area contributed by atoms with Gasteiger partial charge in [0.2, 0.25) is 11.7 Å². The molecule has 1 amide bonds. The Kier molecular flexibility index (Phi) is 6.70. The summed E-state index contributed by atoms with van der Waals surface area (Å²) in [4.78, 5) is 12.8. The summed E-state index contributed by atoms with van der Waals surface area (Å²) in [6, 6.07) is 16.8. The first-order chi connectivity index (χ1) is 17.2. The number of hydrogen-bond acceptors (Lipinski definition) is 8. The van der Waals surface area contributed by atoms with E-state index in [1.54, 1.807) is 13.2 Å². The van der Waals surface area contributed by atoms with Gasteiger partial charge in [-0.15, -0.1) is 10.2 Å². The van der Waals surface area contributed by atoms with Crippen molar-refractivity contribution in [2.24, 2.45) is 0 Å². The van der Waals surface area contributed by atoms with Crippen molar-refractivity contribution >= 4 is 34.3 Å². The maximum atomic E-state index is 12.8. The van der Waals surface area contributed by atoms with Gasteiger partial charge >= 0.3 is 0 Å². The number of nitrogens with zero attached hydrogens (tertiary/aromatic N) is 4. The first-order valence-electron chi connectivity index (χ1n) is 11.2. The molecule has 1 aliphatic heterocycles. The number of fused-ring (bicyclic) bond motifs is 1. The van der Waals surface area contributed by atoms with Crippen LogP contribution in [0.4, 0.5) is 5.69 Å². The van der Waals surface area contributed by atoms with E-state index in [2.05, 4.69) is 15.5 Å². The molecule has 3 heterocycles. The first-order valence-corrected chi connectivity index (χ1v) is 12.2. The Hall–Kier alpha value is -3.81. The number of carbonyl (C=O) groups is 1. The van der Waals surface area contributed by atoms with Crippen molar-refractivity contribution in [3.8, 4) is 23.2 Å². The smallest absolute Gasteiger partial charge is 0.234 e. The van der Waals surface area contributed by atoms with Gasteiger partial charge in [0.25, 0.3) is 0 Å². The molecule has 2 aromatic carbocycles. The fraction of sp³-hybridized carbons (Fsp3) is 0.280. The van der Waals surface area contributed by atoms with Gasteiger partial charge in [0.1, 0.15) is 23.1 Å². The van der Waals surface area contributed by atoms with Gasteiger partial charge in [-0.3, -0.25) is 9.36 Å². The third kappa shape index (κ3) is 4.87. The third-order valence-corrected chi connectivity index (χ3v) is 6.74. The number of methoxy groups -OCH3 is 1. The lowest BCUT2D eigenvalue weighted by Crippen LogP contribution is -2.18. The van der Waals surface area contributed by atoms with Gasteiger partial charge in [-0.25, -0.2) is 0 Å². The van der Waals surface area contributed by atoms with Crippen LogP contribution in [0, 0.1) is 11.3 Å². The SMILES string of the molecule is COc1ccc(-c2nnc(SCC(=O)Nc3c(C#N)oc4ccccc34)n2C[C@@H]2CCCO2)cc1. The minimum absolute atomic E-state index is 0.0756. The number of carbonyl (C=O) groups excluding carboxylic acids is 1. The fourth-order valence-electron chi connectivity index (χ4n) is 4.06. The minimum atomic E-state index is -0.268. The zero-order valence-electron chi connectivity index (χ0n) is 19.1. The number of nitriles is 1. The monoisotopic (exact) mass is 489 g/mol. The van der Waals surface area contributed by atoms with E-state index in [-0.39, 0.29) is 23.5 Å². The second-order valence-corrected chi connectivity index (χ2v) is 8.97. The lowest BCUT2D eigenvalue weighted by molar-refractivity contribution is -0.113. The molecule has 0 radical (unpaired) electrons. The van der Waals surface area contributed by atoms with Crippen LogP contribution in [-0.2, 0) is 16.1 Å². The van der Waals surface area contributed by atoms with Gasteiger partial charge in [-0.2, -0.15) is 5.26 Å². The van der Waals surface area contributed by atoms with Crippen molar-refractivity contribution in [1.29, 1.82) is 5.26 Å². The highest BCUT2D eigenvalue weighted by Gasteiger charge is 2.23. The number of furan rings is 1. The molecule has 178 valence electrons. The molecule has 4 aromatic rings. The summed E-state index contributed by atoms with van der Waals surface area (Å²) in [5, 5.41) is 22.3. The molecular formula is C25H23N5O4S. The van der Waals surface area contributed by atoms with Crippen LogP contribution in [0.25, 0.3) is 22.4 Å². The topological polar surface area (TPSA) is 115 Å². The van der Waals surface area contributed by atoms with Gasteiger partial charge in [0, 0.05) is 17.6 Å². The molecule has 1 N–H and O–H groups in total. The van der Waals surface area contributed by atoms with Crippen LogP contribution in [0.2, 0.25) is 0 Å². The number of hydrogen-bond donors (Lipinski definition) is 1. The molecule has 0 bridgehead atoms. The average molecular weight is 490 g/mol. The summed E-state index contributed by atoms with van der Waals surface area (Å²) in [6.07, 6.45) is 2.07. The van der Waals surface area contributed by atoms with E-state index >= 15 is 0 Å². The lowest BCUT2D eigenvalue weighted by Gasteiger charge is -2.15. The van der Waals surface area contributed by atoms with Crippen molar-refractivity contribution in [3.63, 3.8) is 0 Å². The van der Waals surface area contributed by atoms with Crippen molar-refractivity contribution in [2.75, 3.05) is 24.8 Å². The molecule has 0 unspecified atom stereocenters. The van der Waals surface area contributed by atoms with E-state index in [0.717, 1.165) is 30.8 Å². The zero-order valence-corrected chi connectivity index (χ0v) is 19.9. The number of amides is 1. The highest BCUT2D eigenvalue weighted by atomic mass is 32.2. The maximum Gasteiger partial charge on any atom is 0.234 e. The summed E-state index contributed by atoms with van der Waals surface area (Å²) < 4.78 is 18.7. The number of ether oxygens (including phenoxy) is 2. The molecule has 1 fully saturated rings. The largest absolute Gasteiger partial charge is 0.497 e. The van der Waals surface area contributed by atoms with Crippen molar-refractivity contribution in [3.05, 3.63) is 54.3 Å². The number of anilines is 1. The summed E-state index contributed by atoms with van der Waals surface area (Å²) in [5.41, 5.74) is 1.83. The molecule has 1 saturated heterocycles. The number of aromatic nitrogens is 3. The average Bonchev–Trinajstić information content (AvgIpc) is 3.63. The Balaban J connectivity index is 1.35. The number of rotatable bonds is 8. The first kappa shape index (κ1) is 23.0. The van der Waals surface area contributed by atoms with Crippen LogP contribution in [0.1, 0.15) is 18.6 Å². The predicted molar refractivity (Wildman–Crippen MR) is 131 cm³/mol. The summed E-state index contributed by atoms with van der Waals surface area (Å²) >= 11 is 1.29. The second-order valence-electron chi connectivity index (χ2n) is 8.03. The Morgan fingerprint density at radius 2 is 2.09 bits per heavy atom. The third-order valence-electron chi connectivity index (χ3n) is 5.77. The molecule has 1 atom stereocenters. The quantitative estimate of drug-likeness (QED) is 0.360. The molecule has 0 spiro atoms. The van der Waals surface area contributed by atoms with E-state index < -0.39 is 0 Å². The number of nitrogens with one attached hydrogen (secondary N) is 1. The Morgan fingerprint density at radius 1 is 1.26 bits per heavy atom. The van der Waals surface area contributed by atoms with Crippen molar-refractivity contribution < 1.29 is 18.7 Å². The van der Waals surface area contributed by atoms with Gasteiger partial charge in [-0.1, -0.05) is 23.9 Å². The van der Waals surface area contributed by atoms with E-state index in [1.807, 2.05) is 53.1 Å². The summed E-state index contributed by atoms with van der Waals surface area (Å²) in [7, 11) is 1.63. The van der Waals surface area contributed by atoms with Crippen LogP contribution >= 0.6 is 11.8 Å². The normalized spacial score (nSPS) is 15.3. The Bertz CT molecular complexity index is 1380. The summed E-state index contributed by atoms with van der Waals surface area (Å²) in [5.74, 6) is 1.37. The maximum absolute atomic E-state index is 12.8. The highest BCUT2D eigenvalue weighted by Crippen LogP contribution is 2.31. The van der Waals surface area contributed by atoms with Gasteiger partial charge in [0.15, 0.2) is 11.0 Å². The van der Waals surface area contributed by atoms with Crippen LogP contribution in [0.15, 0.2) is 58.1 Å². The number of para-hydroxylation sites is 1. The van der Waals surface area contributed by atoms with E-state index in [0.29, 0.717) is 34.2 Å². The molecule has 2 aromatic heterocycles. The number of benzene rings is 2. The second kappa shape index (κ2) is 10.2. The van der Waals surface area contributed by atoms with E-state index in [4.69, 9.17) is 13.9 Å². The standard InChI is InChI=1S/C25H23N5O4S/c1-32-17-10-8-16(9-11-17)24-28-29-25(30(24)14-18-5-4-12-33-18)35-15-22(31)27-23-19-6-2-3-7-20(19)34-21(23)13-26/h2-3,6-11,18H,4-5,12,14-15H2,1H3,(H,27,31)/t18-/m0/s1. The van der Waals surface area contributed by atoms with Gasteiger partial charge in [0.05, 0.1) is 25.5 Å². The zero-order chi connectivity index (χ0) is 24.2. The molecule has 35 heavy (non-hydrogen) atoms. The van der Waals surface area contributed by atoms with Crippen molar-refractivity contribution in [1.82, 2.24) is 14.8 Å². The van der Waals surface area contributed by atoms with Gasteiger partial charge in [-0.05, 0) is 49.2 Å². The van der Waals surface area contributed by atoms with E-state index in [9.17, 15) is 10.1 Å². The fourth-order valence-corrected chi connectivity index (χ4v) is 4.81. The molecule has 0 saturated carbocycles. The Morgan fingerprint density at radius 3 is 2.83 bits per heavy atom. The molecule has 5 rings (SSSR count). The molecule has 9 nitrogen and oxygen atoms in total. The van der Waals surface area contributed by atoms with Crippen LogP contribution in [0.3, 0.4) is 0 Å². The molecule has 0 aliphatic carbocycles. The number of thioether (sulfide) groups is 1. The molecule has 10 heteroatoms. The van der Waals surface area contributed by atoms with Crippen molar-refractivity contribution in [2.45, 2.75) is 30.6 Å². The predicted octanol–water partition coefficient (Wildman–Crippen LogP) is 4.48. The highest BCUT2D eigenvalue weighted by molar-refractivity contribution is 7.99. The van der Waals surface area contributed by atoms with E-state index in [1.165, 1.54) is 11.8 Å². The molecular weight excluding hydrogens is 466 g/mol. The summed E-state index contributed by atoms with van der Waals surface area (Å²) in [6.45, 7) is 1.35. The Labute approximate surface area is 206 Å². The van der Waals surface area contributed by atoms with Crippen LogP contribution in [-0.4, -0.2) is 46.2 Å². The van der Waals surface area contributed by atoms with Crippen LogP contribution in [0.5, 0.6) is 5.75 Å².